The SMILES string of the molecule is Cc1ccc2c(I)ccc(-c3ccc4ccccc4c3)c2c1. The third-order valence-electron chi connectivity index (χ3n) is 4.18. The highest BCUT2D eigenvalue weighted by Crippen LogP contribution is 2.33. The molecule has 0 fully saturated rings. The smallest absolute Gasteiger partial charge is 0.0209 e. The Morgan fingerprint density at radius 1 is 0.682 bits per heavy atom. The van der Waals surface area contributed by atoms with Gasteiger partial charge in [0.2, 0.25) is 0 Å². The fourth-order valence-corrected chi connectivity index (χ4v) is 3.68. The molecule has 0 unspecified atom stereocenters. The van der Waals surface area contributed by atoms with Crippen LogP contribution in [0.2, 0.25) is 0 Å². The van der Waals surface area contributed by atoms with Crippen LogP contribution in [0.15, 0.2) is 72.8 Å². The highest BCUT2D eigenvalue weighted by molar-refractivity contribution is 14.1. The molecule has 1 heteroatoms. The second kappa shape index (κ2) is 5.40. The largest absolute Gasteiger partial charge is 0.0616 e. The summed E-state index contributed by atoms with van der Waals surface area (Å²) in [5, 5.41) is 5.25. The molecule has 0 nitrogen and oxygen atoms in total. The van der Waals surface area contributed by atoms with E-state index in [1.54, 1.807) is 0 Å². The van der Waals surface area contributed by atoms with Gasteiger partial charge in [0.05, 0.1) is 0 Å². The number of halogens is 1. The Morgan fingerprint density at radius 2 is 1.50 bits per heavy atom. The Morgan fingerprint density at radius 3 is 2.36 bits per heavy atom. The quantitative estimate of drug-likeness (QED) is 0.320. The standard InChI is InChI=1S/C21H15I/c1-14-6-9-19-20(12-14)18(10-11-21(19)22)17-8-7-15-4-2-3-5-16(15)13-17/h2-13H,1H3. The number of hydrogen-bond donors (Lipinski definition) is 0. The van der Waals surface area contributed by atoms with E-state index in [9.17, 15) is 0 Å². The highest BCUT2D eigenvalue weighted by atomic mass is 127. The topological polar surface area (TPSA) is 0 Å². The molecule has 0 saturated heterocycles. The van der Waals surface area contributed by atoms with Crippen molar-refractivity contribution < 1.29 is 0 Å². The Bertz CT molecular complexity index is 999. The van der Waals surface area contributed by atoms with Crippen molar-refractivity contribution in [2.24, 2.45) is 0 Å². The predicted molar refractivity (Wildman–Crippen MR) is 104 cm³/mol. The Hall–Kier alpha value is -1.87. The lowest BCUT2D eigenvalue weighted by molar-refractivity contribution is 1.50. The third kappa shape index (κ3) is 2.30. The summed E-state index contributed by atoms with van der Waals surface area (Å²) in [4.78, 5) is 0. The molecule has 0 bridgehead atoms. The monoisotopic (exact) mass is 394 g/mol. The molecule has 0 aromatic heterocycles. The van der Waals surface area contributed by atoms with Gasteiger partial charge in [-0.1, -0.05) is 66.2 Å². The lowest BCUT2D eigenvalue weighted by Gasteiger charge is -2.10. The van der Waals surface area contributed by atoms with Gasteiger partial charge in [-0.05, 0) is 74.3 Å². The van der Waals surface area contributed by atoms with Crippen LogP contribution < -0.4 is 0 Å². The predicted octanol–water partition coefficient (Wildman–Crippen LogP) is 6.57. The van der Waals surface area contributed by atoms with Crippen molar-refractivity contribution in [3.8, 4) is 11.1 Å². The van der Waals surface area contributed by atoms with E-state index >= 15 is 0 Å². The molecule has 22 heavy (non-hydrogen) atoms. The van der Waals surface area contributed by atoms with Gasteiger partial charge in [-0.2, -0.15) is 0 Å². The lowest BCUT2D eigenvalue weighted by Crippen LogP contribution is -1.86. The summed E-state index contributed by atoms with van der Waals surface area (Å²) in [6, 6.07) is 26.4. The van der Waals surface area contributed by atoms with Crippen molar-refractivity contribution in [3.05, 3.63) is 81.9 Å². The van der Waals surface area contributed by atoms with Crippen LogP contribution in [0, 0.1) is 10.5 Å². The Labute approximate surface area is 143 Å². The number of fused-ring (bicyclic) bond motifs is 2. The molecule has 0 amide bonds. The maximum Gasteiger partial charge on any atom is 0.0209 e. The maximum atomic E-state index is 2.42. The van der Waals surface area contributed by atoms with E-state index in [0.29, 0.717) is 0 Å². The van der Waals surface area contributed by atoms with Gasteiger partial charge in [0.1, 0.15) is 0 Å². The molecule has 106 valence electrons. The zero-order valence-corrected chi connectivity index (χ0v) is 14.5. The summed E-state index contributed by atoms with van der Waals surface area (Å²) >= 11 is 2.42. The normalized spacial score (nSPS) is 11.2. The minimum atomic E-state index is 1.28. The van der Waals surface area contributed by atoms with Crippen molar-refractivity contribution in [1.82, 2.24) is 0 Å². The van der Waals surface area contributed by atoms with Gasteiger partial charge in [0, 0.05) is 3.57 Å². The first-order chi connectivity index (χ1) is 10.7. The number of hydrogen-bond acceptors (Lipinski definition) is 0. The van der Waals surface area contributed by atoms with E-state index in [4.69, 9.17) is 0 Å². The second-order valence-corrected chi connectivity index (χ2v) is 6.87. The van der Waals surface area contributed by atoms with Gasteiger partial charge in [-0.15, -0.1) is 0 Å². The van der Waals surface area contributed by atoms with Crippen molar-refractivity contribution >= 4 is 44.1 Å². The van der Waals surface area contributed by atoms with E-state index in [2.05, 4.69) is 102 Å². The maximum absolute atomic E-state index is 2.42. The van der Waals surface area contributed by atoms with Crippen molar-refractivity contribution in [2.45, 2.75) is 6.92 Å². The van der Waals surface area contributed by atoms with E-state index in [1.807, 2.05) is 0 Å². The number of aryl methyl sites for hydroxylation is 1. The fourth-order valence-electron chi connectivity index (χ4n) is 3.03. The summed E-state index contributed by atoms with van der Waals surface area (Å²) in [5.74, 6) is 0. The van der Waals surface area contributed by atoms with Gasteiger partial charge < -0.3 is 0 Å². The zero-order valence-electron chi connectivity index (χ0n) is 12.3. The van der Waals surface area contributed by atoms with E-state index in [0.717, 1.165) is 0 Å². The Balaban J connectivity index is 2.03. The fraction of sp³-hybridized carbons (Fsp3) is 0.0476. The van der Waals surface area contributed by atoms with Crippen molar-refractivity contribution in [1.29, 1.82) is 0 Å². The summed E-state index contributed by atoms with van der Waals surface area (Å²) < 4.78 is 1.30. The molecule has 0 atom stereocenters. The average molecular weight is 394 g/mol. The lowest BCUT2D eigenvalue weighted by atomic mass is 9.95. The first-order valence-corrected chi connectivity index (χ1v) is 8.48. The minimum Gasteiger partial charge on any atom is -0.0616 e. The molecule has 0 aliphatic heterocycles. The van der Waals surface area contributed by atoms with Crippen LogP contribution in [-0.2, 0) is 0 Å². The molecule has 0 heterocycles. The van der Waals surface area contributed by atoms with Crippen molar-refractivity contribution in [3.63, 3.8) is 0 Å². The van der Waals surface area contributed by atoms with Crippen LogP contribution in [0.3, 0.4) is 0 Å². The molecule has 0 spiro atoms. The third-order valence-corrected chi connectivity index (χ3v) is 5.12. The summed E-state index contributed by atoms with van der Waals surface area (Å²) in [5.41, 5.74) is 3.90. The zero-order chi connectivity index (χ0) is 15.1. The van der Waals surface area contributed by atoms with Crippen LogP contribution in [0.5, 0.6) is 0 Å². The van der Waals surface area contributed by atoms with Gasteiger partial charge >= 0.3 is 0 Å². The second-order valence-electron chi connectivity index (χ2n) is 5.71. The molecule has 0 saturated carbocycles. The minimum absolute atomic E-state index is 1.28. The van der Waals surface area contributed by atoms with Crippen LogP contribution in [0.1, 0.15) is 5.56 Å². The average Bonchev–Trinajstić information content (AvgIpc) is 2.54. The first kappa shape index (κ1) is 13.8. The van der Waals surface area contributed by atoms with Crippen molar-refractivity contribution in [2.75, 3.05) is 0 Å². The molecule has 0 radical (unpaired) electrons. The molecular weight excluding hydrogens is 379 g/mol. The van der Waals surface area contributed by atoms with Gasteiger partial charge in [0.25, 0.3) is 0 Å². The molecule has 0 aliphatic carbocycles. The number of benzene rings is 4. The van der Waals surface area contributed by atoms with E-state index in [1.165, 1.54) is 41.8 Å². The van der Waals surface area contributed by atoms with Crippen LogP contribution in [-0.4, -0.2) is 0 Å². The summed E-state index contributed by atoms with van der Waals surface area (Å²) in [7, 11) is 0. The van der Waals surface area contributed by atoms with Gasteiger partial charge in [-0.3, -0.25) is 0 Å². The highest BCUT2D eigenvalue weighted by Gasteiger charge is 2.07. The van der Waals surface area contributed by atoms with E-state index in [-0.39, 0.29) is 0 Å². The summed E-state index contributed by atoms with van der Waals surface area (Å²) in [6.07, 6.45) is 0. The molecular formula is C21H15I. The molecule has 4 aromatic rings. The van der Waals surface area contributed by atoms with Crippen LogP contribution in [0.4, 0.5) is 0 Å². The molecule has 0 N–H and O–H groups in total. The first-order valence-electron chi connectivity index (χ1n) is 7.40. The molecule has 0 aliphatic rings. The molecule has 4 aromatic carbocycles. The number of rotatable bonds is 1. The van der Waals surface area contributed by atoms with Gasteiger partial charge in [0.15, 0.2) is 0 Å². The Kier molecular flexibility index (Phi) is 3.38. The van der Waals surface area contributed by atoms with E-state index < -0.39 is 0 Å². The van der Waals surface area contributed by atoms with Crippen LogP contribution >= 0.6 is 22.6 Å². The van der Waals surface area contributed by atoms with Gasteiger partial charge in [-0.25, -0.2) is 0 Å². The molecule has 4 rings (SSSR count). The van der Waals surface area contributed by atoms with Crippen LogP contribution in [0.25, 0.3) is 32.7 Å². The summed E-state index contributed by atoms with van der Waals surface area (Å²) in [6.45, 7) is 2.16.